The summed E-state index contributed by atoms with van der Waals surface area (Å²) in [4.78, 5) is 20.0. The van der Waals surface area contributed by atoms with Crippen molar-refractivity contribution in [3.05, 3.63) is 23.3 Å². The Bertz CT molecular complexity index is 1020. The maximum atomic E-state index is 13.7. The van der Waals surface area contributed by atoms with Crippen LogP contribution in [0, 0.1) is 13.8 Å². The normalized spacial score (nSPS) is 22.5. The van der Waals surface area contributed by atoms with E-state index < -0.39 is 10.0 Å². The molecule has 1 unspecified atom stereocenters. The number of sulfonamides is 1. The topological polar surface area (TPSA) is 82.6 Å². The average Bonchev–Trinajstić information content (AvgIpc) is 2.92. The third kappa shape index (κ3) is 7.42. The minimum atomic E-state index is -3.71. The van der Waals surface area contributed by atoms with Crippen LogP contribution in [0.15, 0.2) is 17.0 Å². The first-order chi connectivity index (χ1) is 18.3. The van der Waals surface area contributed by atoms with Crippen LogP contribution in [0.3, 0.4) is 0 Å². The number of methoxy groups -OCH3 is 1. The summed E-state index contributed by atoms with van der Waals surface area (Å²) in [7, 11) is -2.13. The molecule has 1 aromatic rings. The Balaban J connectivity index is 1.25. The molecule has 214 valence electrons. The third-order valence-corrected chi connectivity index (χ3v) is 11.2. The lowest BCUT2D eigenvalue weighted by Gasteiger charge is -2.37. The van der Waals surface area contributed by atoms with Crippen molar-refractivity contribution in [3.63, 3.8) is 0 Å². The van der Waals surface area contributed by atoms with Gasteiger partial charge in [-0.15, -0.1) is 0 Å². The minimum Gasteiger partial charge on any atom is -0.497 e. The first-order valence-corrected chi connectivity index (χ1v) is 16.4. The summed E-state index contributed by atoms with van der Waals surface area (Å²) in [5.74, 6) is 2.03. The van der Waals surface area contributed by atoms with Gasteiger partial charge in [-0.3, -0.25) is 9.69 Å². The molecule has 1 amide bonds. The number of benzene rings is 1. The molecule has 1 aromatic carbocycles. The Kier molecular flexibility index (Phi) is 10.8. The van der Waals surface area contributed by atoms with E-state index in [1.54, 1.807) is 49.2 Å². The van der Waals surface area contributed by atoms with Gasteiger partial charge in [0.2, 0.25) is 15.9 Å². The first kappa shape index (κ1) is 29.6. The molecule has 0 spiro atoms. The van der Waals surface area contributed by atoms with Gasteiger partial charge in [-0.25, -0.2) is 8.42 Å². The van der Waals surface area contributed by atoms with Crippen LogP contribution in [0.2, 0.25) is 0 Å². The molecule has 9 nitrogen and oxygen atoms in total. The summed E-state index contributed by atoms with van der Waals surface area (Å²) in [5, 5.41) is 0. The highest BCUT2D eigenvalue weighted by Gasteiger charge is 2.36. The van der Waals surface area contributed by atoms with Crippen molar-refractivity contribution in [2.75, 3.05) is 90.7 Å². The lowest BCUT2D eigenvalue weighted by Crippen LogP contribution is -2.52. The van der Waals surface area contributed by atoms with Crippen molar-refractivity contribution in [1.29, 1.82) is 0 Å². The van der Waals surface area contributed by atoms with Crippen LogP contribution in [-0.4, -0.2) is 130 Å². The fourth-order valence-electron chi connectivity index (χ4n) is 5.70. The summed E-state index contributed by atoms with van der Waals surface area (Å²) in [5.41, 5.74) is 1.34. The Morgan fingerprint density at radius 3 is 2.21 bits per heavy atom. The number of likely N-dealkylation sites (tertiary alicyclic amines) is 1. The van der Waals surface area contributed by atoms with Crippen LogP contribution >= 0.6 is 11.8 Å². The summed E-state index contributed by atoms with van der Waals surface area (Å²) < 4.78 is 40.1. The number of hydrogen-bond acceptors (Lipinski definition) is 8. The van der Waals surface area contributed by atoms with E-state index in [4.69, 9.17) is 9.47 Å². The van der Waals surface area contributed by atoms with Gasteiger partial charge in [0.15, 0.2) is 0 Å². The molecule has 0 N–H and O–H groups in total. The van der Waals surface area contributed by atoms with E-state index >= 15 is 0 Å². The van der Waals surface area contributed by atoms with Crippen molar-refractivity contribution in [3.8, 4) is 5.75 Å². The predicted molar refractivity (Wildman–Crippen MR) is 152 cm³/mol. The minimum absolute atomic E-state index is 0.0105. The van der Waals surface area contributed by atoms with Crippen molar-refractivity contribution < 1.29 is 22.7 Å². The molecule has 0 aromatic heterocycles. The lowest BCUT2D eigenvalue weighted by molar-refractivity contribution is -0.138. The fraction of sp³-hybridized carbons (Fsp3) is 0.741. The SMILES string of the molecule is COc1cc(C)c(S(=O)(=O)N2CCSCC2COCC(=O)N2CCN(CCN3CCCCC3)CC2)c(C)c1. The molecule has 3 aliphatic rings. The number of aryl methyl sites for hydroxylation is 2. The van der Waals surface area contributed by atoms with Crippen molar-refractivity contribution in [2.45, 2.75) is 44.0 Å². The number of carbonyl (C=O) groups excluding carboxylic acids is 1. The maximum Gasteiger partial charge on any atom is 0.248 e. The zero-order valence-electron chi connectivity index (χ0n) is 23.2. The van der Waals surface area contributed by atoms with Crippen molar-refractivity contribution >= 4 is 27.7 Å². The van der Waals surface area contributed by atoms with E-state index in [0.717, 1.165) is 45.0 Å². The highest BCUT2D eigenvalue weighted by molar-refractivity contribution is 7.99. The van der Waals surface area contributed by atoms with E-state index in [1.807, 2.05) is 4.90 Å². The lowest BCUT2D eigenvalue weighted by atomic mass is 10.1. The molecule has 0 bridgehead atoms. The maximum absolute atomic E-state index is 13.7. The van der Waals surface area contributed by atoms with Crippen LogP contribution in [0.1, 0.15) is 30.4 Å². The Hall–Kier alpha value is -1.37. The summed E-state index contributed by atoms with van der Waals surface area (Å²) in [6.07, 6.45) is 3.98. The first-order valence-electron chi connectivity index (χ1n) is 13.8. The second-order valence-corrected chi connectivity index (χ2v) is 13.6. The number of piperazine rings is 1. The highest BCUT2D eigenvalue weighted by atomic mass is 32.2. The van der Waals surface area contributed by atoms with Crippen LogP contribution in [-0.2, 0) is 19.6 Å². The second kappa shape index (κ2) is 13.8. The monoisotopic (exact) mass is 568 g/mol. The molecular formula is C27H44N4O5S2. The van der Waals surface area contributed by atoms with E-state index in [0.29, 0.717) is 34.1 Å². The van der Waals surface area contributed by atoms with E-state index in [-0.39, 0.29) is 25.2 Å². The van der Waals surface area contributed by atoms with Gasteiger partial charge in [0.1, 0.15) is 12.4 Å². The van der Waals surface area contributed by atoms with Crippen molar-refractivity contribution in [1.82, 2.24) is 19.0 Å². The van der Waals surface area contributed by atoms with Crippen LogP contribution < -0.4 is 4.74 Å². The van der Waals surface area contributed by atoms with Crippen LogP contribution in [0.25, 0.3) is 0 Å². The van der Waals surface area contributed by atoms with Crippen molar-refractivity contribution in [2.24, 2.45) is 0 Å². The smallest absolute Gasteiger partial charge is 0.248 e. The number of piperidine rings is 1. The molecule has 0 saturated carbocycles. The summed E-state index contributed by atoms with van der Waals surface area (Å²) in [6.45, 7) is 12.1. The number of rotatable bonds is 10. The largest absolute Gasteiger partial charge is 0.497 e. The molecule has 3 saturated heterocycles. The number of ether oxygens (including phenoxy) is 2. The predicted octanol–water partition coefficient (Wildman–Crippen LogP) is 2.06. The van der Waals surface area contributed by atoms with Gasteiger partial charge in [-0.05, 0) is 63.0 Å². The molecule has 38 heavy (non-hydrogen) atoms. The molecule has 1 atom stereocenters. The van der Waals surface area contributed by atoms with E-state index in [9.17, 15) is 13.2 Å². The zero-order valence-corrected chi connectivity index (χ0v) is 24.8. The molecule has 3 aliphatic heterocycles. The Morgan fingerprint density at radius 1 is 0.947 bits per heavy atom. The molecule has 3 heterocycles. The quantitative estimate of drug-likeness (QED) is 0.424. The summed E-state index contributed by atoms with van der Waals surface area (Å²) in [6, 6.07) is 3.21. The number of carbonyl (C=O) groups is 1. The van der Waals surface area contributed by atoms with Gasteiger partial charge in [0.05, 0.1) is 24.7 Å². The molecule has 11 heteroatoms. The molecule has 0 radical (unpaired) electrons. The van der Waals surface area contributed by atoms with Gasteiger partial charge in [-0.1, -0.05) is 6.42 Å². The molecular weight excluding hydrogens is 524 g/mol. The van der Waals surface area contributed by atoms with Crippen LogP contribution in [0.4, 0.5) is 0 Å². The molecule has 4 rings (SSSR count). The van der Waals surface area contributed by atoms with Crippen LogP contribution in [0.5, 0.6) is 5.75 Å². The number of thioether (sulfide) groups is 1. The van der Waals surface area contributed by atoms with Gasteiger partial charge in [0.25, 0.3) is 0 Å². The standard InChI is InChI=1S/C27H44N4O5S2/c1-22-17-25(35-3)18-23(2)27(22)38(33,34)31-15-16-37-21-24(31)19-36-20-26(32)30-13-11-29(12-14-30)10-9-28-7-5-4-6-8-28/h17-18,24H,4-16,19-21H2,1-3H3. The third-order valence-electron chi connectivity index (χ3n) is 7.85. The number of hydrogen-bond donors (Lipinski definition) is 0. The second-order valence-electron chi connectivity index (χ2n) is 10.6. The van der Waals surface area contributed by atoms with Gasteiger partial charge >= 0.3 is 0 Å². The van der Waals surface area contributed by atoms with Gasteiger partial charge in [-0.2, -0.15) is 16.1 Å². The zero-order chi connectivity index (χ0) is 27.1. The van der Waals surface area contributed by atoms with E-state index in [1.165, 1.54) is 32.4 Å². The molecule has 3 fully saturated rings. The average molecular weight is 569 g/mol. The summed E-state index contributed by atoms with van der Waals surface area (Å²) >= 11 is 1.72. The number of amides is 1. The fourth-order valence-corrected chi connectivity index (χ4v) is 8.98. The molecule has 0 aliphatic carbocycles. The van der Waals surface area contributed by atoms with Gasteiger partial charge < -0.3 is 19.3 Å². The van der Waals surface area contributed by atoms with Gasteiger partial charge in [0, 0.05) is 57.3 Å². The highest BCUT2D eigenvalue weighted by Crippen LogP contribution is 2.31. The number of nitrogens with zero attached hydrogens (tertiary/aromatic N) is 4. The van der Waals surface area contributed by atoms with E-state index in [2.05, 4.69) is 9.80 Å². The Labute approximate surface area is 232 Å². The Morgan fingerprint density at radius 2 is 1.58 bits per heavy atom.